The first-order valence-electron chi connectivity index (χ1n) is 6.38. The van der Waals surface area contributed by atoms with Crippen LogP contribution >= 0.6 is 0 Å². The molecule has 1 rings (SSSR count). The summed E-state index contributed by atoms with van der Waals surface area (Å²) in [7, 11) is 0. The summed E-state index contributed by atoms with van der Waals surface area (Å²) in [6.07, 6.45) is 0. The van der Waals surface area contributed by atoms with Gasteiger partial charge in [0, 0.05) is 0 Å². The molecule has 5 nitrogen and oxygen atoms in total. The molecule has 0 saturated heterocycles. The zero-order chi connectivity index (χ0) is 15.5. The topological polar surface area (TPSA) is 75.6 Å². The summed E-state index contributed by atoms with van der Waals surface area (Å²) in [6.45, 7) is 8.46. The van der Waals surface area contributed by atoms with E-state index in [4.69, 9.17) is 9.84 Å². The van der Waals surface area contributed by atoms with Gasteiger partial charge < -0.3 is 15.2 Å². The summed E-state index contributed by atoms with van der Waals surface area (Å²) in [4.78, 5) is 22.6. The Kier molecular flexibility index (Phi) is 4.76. The van der Waals surface area contributed by atoms with Gasteiger partial charge in [0.25, 0.3) is 5.91 Å². The Bertz CT molecular complexity index is 512. The van der Waals surface area contributed by atoms with Crippen LogP contribution in [0.4, 0.5) is 0 Å². The van der Waals surface area contributed by atoms with Crippen LogP contribution in [0, 0.1) is 20.8 Å². The number of rotatable bonds is 5. The quantitative estimate of drug-likeness (QED) is 0.864. The third kappa shape index (κ3) is 3.98. The van der Waals surface area contributed by atoms with Crippen molar-refractivity contribution in [2.75, 3.05) is 6.61 Å². The lowest BCUT2D eigenvalue weighted by molar-refractivity contribution is -0.146. The number of carbonyl (C=O) groups excluding carboxylic acids is 1. The van der Waals surface area contributed by atoms with E-state index >= 15 is 0 Å². The highest BCUT2D eigenvalue weighted by atomic mass is 16.5. The Morgan fingerprint density at radius 2 is 1.70 bits per heavy atom. The zero-order valence-corrected chi connectivity index (χ0v) is 12.5. The maximum atomic E-state index is 11.7. The molecule has 0 radical (unpaired) electrons. The van der Waals surface area contributed by atoms with E-state index in [0.717, 1.165) is 16.7 Å². The summed E-state index contributed by atoms with van der Waals surface area (Å²) >= 11 is 0. The number of benzene rings is 1. The molecule has 1 amide bonds. The van der Waals surface area contributed by atoms with Crippen molar-refractivity contribution in [2.24, 2.45) is 0 Å². The first-order chi connectivity index (χ1) is 9.13. The lowest BCUT2D eigenvalue weighted by Crippen LogP contribution is -2.51. The molecule has 0 saturated carbocycles. The van der Waals surface area contributed by atoms with Crippen LogP contribution in [0.5, 0.6) is 5.75 Å². The number of carboxylic acids is 1. The van der Waals surface area contributed by atoms with Crippen molar-refractivity contribution in [3.05, 3.63) is 28.8 Å². The number of aliphatic carboxylic acids is 1. The van der Waals surface area contributed by atoms with Crippen LogP contribution in [0.1, 0.15) is 30.5 Å². The van der Waals surface area contributed by atoms with Gasteiger partial charge in [-0.2, -0.15) is 0 Å². The van der Waals surface area contributed by atoms with Crippen molar-refractivity contribution in [3.8, 4) is 5.75 Å². The van der Waals surface area contributed by atoms with Crippen LogP contribution in [0.2, 0.25) is 0 Å². The summed E-state index contributed by atoms with van der Waals surface area (Å²) in [5.41, 5.74) is 1.72. The molecule has 0 aliphatic carbocycles. The third-order valence-corrected chi connectivity index (χ3v) is 2.94. The monoisotopic (exact) mass is 279 g/mol. The maximum Gasteiger partial charge on any atom is 0.328 e. The van der Waals surface area contributed by atoms with Crippen LogP contribution < -0.4 is 10.1 Å². The van der Waals surface area contributed by atoms with Crippen molar-refractivity contribution in [1.82, 2.24) is 5.32 Å². The Hall–Kier alpha value is -2.04. The van der Waals surface area contributed by atoms with Crippen molar-refractivity contribution in [1.29, 1.82) is 0 Å². The highest BCUT2D eigenvalue weighted by molar-refractivity contribution is 5.86. The second kappa shape index (κ2) is 5.94. The number of ether oxygens (including phenoxy) is 1. The molecule has 0 bridgehead atoms. The van der Waals surface area contributed by atoms with Gasteiger partial charge in [-0.15, -0.1) is 0 Å². The lowest BCUT2D eigenvalue weighted by atomic mass is 10.1. The van der Waals surface area contributed by atoms with Crippen LogP contribution in [0.3, 0.4) is 0 Å². The van der Waals surface area contributed by atoms with E-state index in [2.05, 4.69) is 5.32 Å². The molecule has 110 valence electrons. The second-order valence-corrected chi connectivity index (χ2v) is 5.49. The molecule has 0 atom stereocenters. The molecule has 5 heteroatoms. The minimum absolute atomic E-state index is 0.207. The van der Waals surface area contributed by atoms with E-state index in [1.54, 1.807) is 0 Å². The molecular weight excluding hydrogens is 258 g/mol. The fourth-order valence-electron chi connectivity index (χ4n) is 1.97. The molecular formula is C15H21NO4. The number of hydrogen-bond donors (Lipinski definition) is 2. The molecule has 0 unspecified atom stereocenters. The predicted octanol–water partition coefficient (Wildman–Crippen LogP) is 1.97. The summed E-state index contributed by atoms with van der Waals surface area (Å²) in [5.74, 6) is -0.885. The highest BCUT2D eigenvalue weighted by Gasteiger charge is 2.29. The van der Waals surface area contributed by atoms with Gasteiger partial charge in [0.15, 0.2) is 6.61 Å². The van der Waals surface area contributed by atoms with Gasteiger partial charge in [0.2, 0.25) is 0 Å². The first kappa shape index (κ1) is 16.0. The Balaban J connectivity index is 2.69. The van der Waals surface area contributed by atoms with Crippen LogP contribution in [0.15, 0.2) is 12.1 Å². The minimum Gasteiger partial charge on any atom is -0.483 e. The van der Waals surface area contributed by atoms with Gasteiger partial charge in [-0.05, 0) is 45.7 Å². The fraction of sp³-hybridized carbons (Fsp3) is 0.467. The SMILES string of the molecule is Cc1cc(C)c(OCC(=O)NC(C)(C)C(=O)O)c(C)c1. The molecule has 1 aromatic carbocycles. The predicted molar refractivity (Wildman–Crippen MR) is 76.0 cm³/mol. The van der Waals surface area contributed by atoms with E-state index in [1.807, 2.05) is 32.9 Å². The Morgan fingerprint density at radius 3 is 2.15 bits per heavy atom. The normalized spacial score (nSPS) is 11.1. The Morgan fingerprint density at radius 1 is 1.20 bits per heavy atom. The number of nitrogens with one attached hydrogen (secondary N) is 1. The largest absolute Gasteiger partial charge is 0.483 e. The first-order valence-corrected chi connectivity index (χ1v) is 6.38. The minimum atomic E-state index is -1.31. The smallest absolute Gasteiger partial charge is 0.328 e. The molecule has 0 fully saturated rings. The highest BCUT2D eigenvalue weighted by Crippen LogP contribution is 2.24. The van der Waals surface area contributed by atoms with E-state index in [-0.39, 0.29) is 6.61 Å². The summed E-state index contributed by atoms with van der Waals surface area (Å²) in [5, 5.41) is 11.4. The van der Waals surface area contributed by atoms with Crippen LogP contribution in [-0.2, 0) is 9.59 Å². The molecule has 2 N–H and O–H groups in total. The third-order valence-electron chi connectivity index (χ3n) is 2.94. The summed E-state index contributed by atoms with van der Waals surface area (Å²) in [6, 6.07) is 3.95. The molecule has 1 aromatic rings. The maximum absolute atomic E-state index is 11.7. The van der Waals surface area contributed by atoms with Gasteiger partial charge >= 0.3 is 5.97 Å². The van der Waals surface area contributed by atoms with Crippen LogP contribution in [-0.4, -0.2) is 29.1 Å². The van der Waals surface area contributed by atoms with Crippen LogP contribution in [0.25, 0.3) is 0 Å². The van der Waals surface area contributed by atoms with Gasteiger partial charge in [0.1, 0.15) is 11.3 Å². The molecule has 0 heterocycles. The van der Waals surface area contributed by atoms with Gasteiger partial charge in [0.05, 0.1) is 0 Å². The summed E-state index contributed by atoms with van der Waals surface area (Å²) < 4.78 is 5.51. The second-order valence-electron chi connectivity index (χ2n) is 5.49. The number of carboxylic acid groups (broad SMARTS) is 1. The molecule has 0 spiro atoms. The van der Waals surface area contributed by atoms with Crippen molar-refractivity contribution >= 4 is 11.9 Å². The van der Waals surface area contributed by atoms with Gasteiger partial charge in [-0.3, -0.25) is 4.79 Å². The molecule has 0 aliphatic rings. The van der Waals surface area contributed by atoms with Crippen molar-refractivity contribution in [2.45, 2.75) is 40.2 Å². The number of carbonyl (C=O) groups is 2. The number of aryl methyl sites for hydroxylation is 3. The number of amides is 1. The van der Waals surface area contributed by atoms with E-state index < -0.39 is 17.4 Å². The van der Waals surface area contributed by atoms with E-state index in [1.165, 1.54) is 13.8 Å². The van der Waals surface area contributed by atoms with E-state index in [9.17, 15) is 9.59 Å². The lowest BCUT2D eigenvalue weighted by Gasteiger charge is -2.21. The Labute approximate surface area is 118 Å². The average molecular weight is 279 g/mol. The standard InChI is InChI=1S/C15H21NO4/c1-9-6-10(2)13(11(3)7-9)20-8-12(17)16-15(4,5)14(18)19/h6-7H,8H2,1-5H3,(H,16,17)(H,18,19). The van der Waals surface area contributed by atoms with Gasteiger partial charge in [-0.25, -0.2) is 4.79 Å². The fourth-order valence-corrected chi connectivity index (χ4v) is 1.97. The van der Waals surface area contributed by atoms with Crippen molar-refractivity contribution < 1.29 is 19.4 Å². The molecule has 0 aliphatic heterocycles. The van der Waals surface area contributed by atoms with Crippen molar-refractivity contribution in [3.63, 3.8) is 0 Å². The van der Waals surface area contributed by atoms with E-state index in [0.29, 0.717) is 5.75 Å². The molecule has 0 aromatic heterocycles. The molecule has 20 heavy (non-hydrogen) atoms. The van der Waals surface area contributed by atoms with Gasteiger partial charge in [-0.1, -0.05) is 17.7 Å². The zero-order valence-electron chi connectivity index (χ0n) is 12.5. The number of hydrogen-bond acceptors (Lipinski definition) is 3. The average Bonchev–Trinajstić information content (AvgIpc) is 2.26.